The van der Waals surface area contributed by atoms with Crippen molar-refractivity contribution in [2.24, 2.45) is 0 Å². The monoisotopic (exact) mass is 363 g/mol. The largest absolute Gasteiger partial charge is 0.493 e. The molecule has 6 nitrogen and oxygen atoms in total. The Balaban J connectivity index is 1.58. The molecular formula is C21H21N3O3. The van der Waals surface area contributed by atoms with E-state index in [-0.39, 0.29) is 12.0 Å². The normalized spacial score (nSPS) is 16.5. The lowest BCUT2D eigenvalue weighted by Gasteiger charge is -2.20. The lowest BCUT2D eigenvalue weighted by Crippen LogP contribution is -2.31. The second-order valence-electron chi connectivity index (χ2n) is 6.43. The summed E-state index contributed by atoms with van der Waals surface area (Å²) in [5, 5.41) is 9.71. The maximum Gasteiger partial charge on any atom is 0.258 e. The molecule has 138 valence electrons. The summed E-state index contributed by atoms with van der Waals surface area (Å²) in [6.45, 7) is 3.59. The summed E-state index contributed by atoms with van der Waals surface area (Å²) in [5.41, 5.74) is 0.620. The van der Waals surface area contributed by atoms with E-state index in [4.69, 9.17) is 9.47 Å². The number of fused-ring (bicyclic) bond motifs is 1. The van der Waals surface area contributed by atoms with Gasteiger partial charge in [-0.1, -0.05) is 30.3 Å². The fourth-order valence-corrected chi connectivity index (χ4v) is 3.44. The van der Waals surface area contributed by atoms with Crippen LogP contribution < -0.4 is 9.47 Å². The molecule has 0 saturated carbocycles. The Morgan fingerprint density at radius 3 is 2.89 bits per heavy atom. The Bertz CT molecular complexity index is 946. The third-order valence-corrected chi connectivity index (χ3v) is 4.67. The number of rotatable bonds is 5. The molecule has 1 amide bonds. The van der Waals surface area contributed by atoms with Gasteiger partial charge in [0.1, 0.15) is 11.9 Å². The van der Waals surface area contributed by atoms with E-state index in [9.17, 15) is 4.79 Å². The van der Waals surface area contributed by atoms with Gasteiger partial charge >= 0.3 is 0 Å². The van der Waals surface area contributed by atoms with E-state index in [2.05, 4.69) is 10.2 Å². The standard InChI is InChI=1S/C21H21N3O3/c1-2-26-18-10-9-15-6-3-4-7-17(15)20(18)21(25)24-13-11-16(14-24)27-19-8-5-12-22-23-19/h3-10,12,16H,2,11,13-14H2,1H3. The molecule has 0 spiro atoms. The highest BCUT2D eigenvalue weighted by Crippen LogP contribution is 2.30. The zero-order chi connectivity index (χ0) is 18.6. The summed E-state index contributed by atoms with van der Waals surface area (Å²) in [7, 11) is 0. The molecule has 1 aliphatic heterocycles. The Morgan fingerprint density at radius 2 is 2.07 bits per heavy atom. The van der Waals surface area contributed by atoms with Gasteiger partial charge in [-0.05, 0) is 29.8 Å². The van der Waals surface area contributed by atoms with Crippen molar-refractivity contribution in [2.75, 3.05) is 19.7 Å². The van der Waals surface area contributed by atoms with Gasteiger partial charge in [0.05, 0.1) is 18.7 Å². The predicted molar refractivity (Wildman–Crippen MR) is 102 cm³/mol. The highest BCUT2D eigenvalue weighted by Gasteiger charge is 2.31. The number of hydrogen-bond acceptors (Lipinski definition) is 5. The van der Waals surface area contributed by atoms with E-state index < -0.39 is 0 Å². The van der Waals surface area contributed by atoms with Crippen LogP contribution in [0.1, 0.15) is 23.7 Å². The summed E-state index contributed by atoms with van der Waals surface area (Å²) < 4.78 is 11.6. The van der Waals surface area contributed by atoms with Crippen molar-refractivity contribution in [1.82, 2.24) is 15.1 Å². The zero-order valence-electron chi connectivity index (χ0n) is 15.2. The van der Waals surface area contributed by atoms with Crippen LogP contribution in [0.15, 0.2) is 54.7 Å². The third-order valence-electron chi connectivity index (χ3n) is 4.67. The average molecular weight is 363 g/mol. The molecule has 0 aliphatic carbocycles. The molecule has 2 aromatic carbocycles. The van der Waals surface area contributed by atoms with Crippen molar-refractivity contribution >= 4 is 16.7 Å². The molecule has 27 heavy (non-hydrogen) atoms. The minimum absolute atomic E-state index is 0.0273. The lowest BCUT2D eigenvalue weighted by molar-refractivity contribution is 0.0769. The topological polar surface area (TPSA) is 64.5 Å². The molecular weight excluding hydrogens is 342 g/mol. The van der Waals surface area contributed by atoms with Gasteiger partial charge in [-0.2, -0.15) is 5.10 Å². The first kappa shape index (κ1) is 17.3. The van der Waals surface area contributed by atoms with E-state index in [0.717, 1.165) is 17.2 Å². The molecule has 6 heteroatoms. The van der Waals surface area contributed by atoms with Crippen LogP contribution in [0.5, 0.6) is 11.6 Å². The van der Waals surface area contributed by atoms with Crippen LogP contribution in [-0.2, 0) is 0 Å². The van der Waals surface area contributed by atoms with E-state index in [1.165, 1.54) is 0 Å². The number of nitrogens with zero attached hydrogens (tertiary/aromatic N) is 3. The van der Waals surface area contributed by atoms with Crippen molar-refractivity contribution in [3.8, 4) is 11.6 Å². The second kappa shape index (κ2) is 7.61. The number of hydrogen-bond donors (Lipinski definition) is 0. The fraction of sp³-hybridized carbons (Fsp3) is 0.286. The van der Waals surface area contributed by atoms with Gasteiger partial charge < -0.3 is 14.4 Å². The van der Waals surface area contributed by atoms with Crippen molar-refractivity contribution in [2.45, 2.75) is 19.4 Å². The number of likely N-dealkylation sites (tertiary alicyclic amines) is 1. The van der Waals surface area contributed by atoms with Crippen LogP contribution in [0, 0.1) is 0 Å². The smallest absolute Gasteiger partial charge is 0.258 e. The Morgan fingerprint density at radius 1 is 1.19 bits per heavy atom. The number of carbonyl (C=O) groups is 1. The highest BCUT2D eigenvalue weighted by atomic mass is 16.5. The van der Waals surface area contributed by atoms with Crippen molar-refractivity contribution < 1.29 is 14.3 Å². The molecule has 4 rings (SSSR count). The zero-order valence-corrected chi connectivity index (χ0v) is 15.2. The van der Waals surface area contributed by atoms with Crippen LogP contribution in [0.3, 0.4) is 0 Å². The molecule has 0 radical (unpaired) electrons. The molecule has 1 saturated heterocycles. The van der Waals surface area contributed by atoms with Crippen LogP contribution >= 0.6 is 0 Å². The summed E-state index contributed by atoms with van der Waals surface area (Å²) in [6, 6.07) is 15.3. The molecule has 1 atom stereocenters. The SMILES string of the molecule is CCOc1ccc2ccccc2c1C(=O)N1CCC(Oc2cccnn2)C1. The number of ether oxygens (including phenoxy) is 2. The van der Waals surface area contributed by atoms with Crippen LogP contribution in [-0.4, -0.2) is 46.8 Å². The molecule has 1 fully saturated rings. The first-order chi connectivity index (χ1) is 13.3. The average Bonchev–Trinajstić information content (AvgIpc) is 3.17. The van der Waals surface area contributed by atoms with Gasteiger partial charge in [-0.25, -0.2) is 0 Å². The van der Waals surface area contributed by atoms with Gasteiger partial charge in [-0.15, -0.1) is 5.10 Å². The Kier molecular flexibility index (Phi) is 4.87. The van der Waals surface area contributed by atoms with Crippen LogP contribution in [0.2, 0.25) is 0 Å². The van der Waals surface area contributed by atoms with Gasteiger partial charge in [0, 0.05) is 25.2 Å². The first-order valence-electron chi connectivity index (χ1n) is 9.14. The van der Waals surface area contributed by atoms with Gasteiger partial charge in [-0.3, -0.25) is 4.79 Å². The summed E-state index contributed by atoms with van der Waals surface area (Å²) in [5.74, 6) is 1.08. The second-order valence-corrected chi connectivity index (χ2v) is 6.43. The van der Waals surface area contributed by atoms with Crippen LogP contribution in [0.4, 0.5) is 0 Å². The Hall–Kier alpha value is -3.15. The van der Waals surface area contributed by atoms with Gasteiger partial charge in [0.2, 0.25) is 5.88 Å². The molecule has 0 N–H and O–H groups in total. The van der Waals surface area contributed by atoms with Crippen LogP contribution in [0.25, 0.3) is 10.8 Å². The van der Waals surface area contributed by atoms with Crippen molar-refractivity contribution in [1.29, 1.82) is 0 Å². The molecule has 1 unspecified atom stereocenters. The number of carbonyl (C=O) groups excluding carboxylic acids is 1. The first-order valence-corrected chi connectivity index (χ1v) is 9.14. The summed E-state index contributed by atoms with van der Waals surface area (Å²) in [4.78, 5) is 15.1. The quantitative estimate of drug-likeness (QED) is 0.696. The van der Waals surface area contributed by atoms with Gasteiger partial charge in [0.25, 0.3) is 5.91 Å². The van der Waals surface area contributed by atoms with E-state index in [1.54, 1.807) is 18.3 Å². The minimum atomic E-state index is -0.0869. The van der Waals surface area contributed by atoms with E-state index >= 15 is 0 Å². The van der Waals surface area contributed by atoms with E-state index in [0.29, 0.717) is 36.9 Å². The number of benzene rings is 2. The maximum atomic E-state index is 13.3. The number of amides is 1. The predicted octanol–water partition coefficient (Wildman–Crippen LogP) is 3.32. The minimum Gasteiger partial charge on any atom is -0.493 e. The highest BCUT2D eigenvalue weighted by molar-refractivity contribution is 6.09. The Labute approximate surface area is 157 Å². The molecule has 3 aromatic rings. The summed E-state index contributed by atoms with van der Waals surface area (Å²) in [6.07, 6.45) is 2.28. The molecule has 1 aliphatic rings. The summed E-state index contributed by atoms with van der Waals surface area (Å²) >= 11 is 0. The molecule has 1 aromatic heterocycles. The molecule has 0 bridgehead atoms. The third kappa shape index (κ3) is 3.56. The fourth-order valence-electron chi connectivity index (χ4n) is 3.44. The maximum absolute atomic E-state index is 13.3. The van der Waals surface area contributed by atoms with E-state index in [1.807, 2.05) is 48.2 Å². The van der Waals surface area contributed by atoms with Gasteiger partial charge in [0.15, 0.2) is 0 Å². The van der Waals surface area contributed by atoms with Crippen molar-refractivity contribution in [3.63, 3.8) is 0 Å². The molecule has 2 heterocycles. The number of aromatic nitrogens is 2. The lowest BCUT2D eigenvalue weighted by atomic mass is 10.0. The van der Waals surface area contributed by atoms with Crippen molar-refractivity contribution in [3.05, 3.63) is 60.3 Å².